The molecule has 11 nitrogen and oxygen atoms in total. The lowest BCUT2D eigenvalue weighted by Gasteiger charge is -2.34. The van der Waals surface area contributed by atoms with Crippen molar-refractivity contribution in [2.24, 2.45) is 7.05 Å². The Bertz CT molecular complexity index is 1200. The van der Waals surface area contributed by atoms with Crippen molar-refractivity contribution < 1.29 is 55.4 Å². The van der Waals surface area contributed by atoms with E-state index >= 15 is 0 Å². The van der Waals surface area contributed by atoms with Crippen molar-refractivity contribution in [2.45, 2.75) is 44.8 Å². The van der Waals surface area contributed by atoms with E-state index in [0.717, 1.165) is 30.1 Å². The monoisotopic (exact) mass is 567 g/mol. The fourth-order valence-electron chi connectivity index (χ4n) is 3.24. The highest BCUT2D eigenvalue weighted by atomic mass is 19.4. The average molecular weight is 567 g/mol. The summed E-state index contributed by atoms with van der Waals surface area (Å²) in [6.45, 7) is 3.96. The van der Waals surface area contributed by atoms with Crippen molar-refractivity contribution in [1.29, 1.82) is 0 Å². The zero-order chi connectivity index (χ0) is 29.4. The molecule has 0 saturated carbocycles. The highest BCUT2D eigenvalue weighted by Gasteiger charge is 2.39. The van der Waals surface area contributed by atoms with E-state index in [9.17, 15) is 26.3 Å². The van der Waals surface area contributed by atoms with Crippen LogP contribution in [-0.4, -0.2) is 71.7 Å². The number of aliphatic carboxylic acids is 2. The summed E-state index contributed by atoms with van der Waals surface area (Å²) in [4.78, 5) is 28.9. The van der Waals surface area contributed by atoms with E-state index in [1.54, 1.807) is 6.20 Å². The number of carbonyl (C=O) groups is 2. The van der Waals surface area contributed by atoms with Gasteiger partial charge in [-0.05, 0) is 13.0 Å². The smallest absolute Gasteiger partial charge is 0.476 e. The van der Waals surface area contributed by atoms with Gasteiger partial charge in [0.1, 0.15) is 12.4 Å². The Hall–Kier alpha value is -4.15. The molecule has 1 aliphatic rings. The highest BCUT2D eigenvalue weighted by molar-refractivity contribution is 5.73. The standard InChI is InChI=1S/C18H21N5O2.2C2HF3O2/c1-13-7-14(21-25-13)9-23-10-16-17(22(2)12-20-16)8-15(23)11-24-18-5-3-4-6-19-18;2*3-2(4,5)1(6)7/h3-7,12,15H,8-11H2,1-2H3;2*(H,6,7). The first-order chi connectivity index (χ1) is 18.1. The predicted molar refractivity (Wildman–Crippen MR) is 118 cm³/mol. The van der Waals surface area contributed by atoms with Crippen LogP contribution in [0, 0.1) is 6.92 Å². The number of rotatable bonds is 5. The van der Waals surface area contributed by atoms with E-state index in [1.807, 2.05) is 44.6 Å². The summed E-state index contributed by atoms with van der Waals surface area (Å²) in [7, 11) is 2.04. The van der Waals surface area contributed by atoms with E-state index in [4.69, 9.17) is 29.1 Å². The topological polar surface area (TPSA) is 144 Å². The number of nitrogens with zero attached hydrogens (tertiary/aromatic N) is 5. The van der Waals surface area contributed by atoms with Gasteiger partial charge in [0.05, 0.1) is 23.8 Å². The second kappa shape index (κ2) is 13.1. The fraction of sp³-hybridized carbons (Fsp3) is 0.409. The third kappa shape index (κ3) is 9.91. The Balaban J connectivity index is 0.000000317. The van der Waals surface area contributed by atoms with Gasteiger partial charge in [-0.15, -0.1) is 0 Å². The molecule has 0 amide bonds. The van der Waals surface area contributed by atoms with Crippen LogP contribution >= 0.6 is 0 Å². The van der Waals surface area contributed by atoms with Crippen LogP contribution in [0.1, 0.15) is 22.8 Å². The molecule has 214 valence electrons. The van der Waals surface area contributed by atoms with E-state index < -0.39 is 24.3 Å². The minimum absolute atomic E-state index is 0.224. The normalized spacial score (nSPS) is 15.2. The number of fused-ring (bicyclic) bond motifs is 1. The van der Waals surface area contributed by atoms with Crippen LogP contribution < -0.4 is 4.74 Å². The van der Waals surface area contributed by atoms with Gasteiger partial charge in [-0.2, -0.15) is 26.3 Å². The van der Waals surface area contributed by atoms with Crippen LogP contribution in [0.4, 0.5) is 26.3 Å². The summed E-state index contributed by atoms with van der Waals surface area (Å²) >= 11 is 0. The van der Waals surface area contributed by atoms with Gasteiger partial charge < -0.3 is 24.0 Å². The van der Waals surface area contributed by atoms with Gasteiger partial charge in [-0.1, -0.05) is 11.2 Å². The van der Waals surface area contributed by atoms with Crippen molar-refractivity contribution in [3.8, 4) is 5.88 Å². The molecule has 0 saturated heterocycles. The number of imidazole rings is 1. The van der Waals surface area contributed by atoms with Crippen molar-refractivity contribution in [1.82, 2.24) is 24.6 Å². The second-order valence-electron chi connectivity index (χ2n) is 8.03. The molecule has 3 aromatic heterocycles. The van der Waals surface area contributed by atoms with E-state index in [2.05, 4.69) is 24.6 Å². The molecular weight excluding hydrogens is 544 g/mol. The molecule has 0 bridgehead atoms. The lowest BCUT2D eigenvalue weighted by molar-refractivity contribution is -0.193. The maximum Gasteiger partial charge on any atom is 0.490 e. The average Bonchev–Trinajstić information content (AvgIpc) is 3.42. The van der Waals surface area contributed by atoms with Gasteiger partial charge in [0.25, 0.3) is 0 Å². The summed E-state index contributed by atoms with van der Waals surface area (Å²) in [6, 6.07) is 7.89. The fourth-order valence-corrected chi connectivity index (χ4v) is 3.24. The van der Waals surface area contributed by atoms with Gasteiger partial charge in [0.15, 0.2) is 0 Å². The molecule has 2 N–H and O–H groups in total. The van der Waals surface area contributed by atoms with Crippen molar-refractivity contribution in [3.05, 3.63) is 59.6 Å². The molecule has 0 radical (unpaired) electrons. The molecule has 0 aromatic carbocycles. The zero-order valence-corrected chi connectivity index (χ0v) is 20.4. The number of halogens is 6. The maximum atomic E-state index is 10.6. The number of aromatic nitrogens is 4. The largest absolute Gasteiger partial charge is 0.490 e. The molecule has 0 fully saturated rings. The minimum Gasteiger partial charge on any atom is -0.476 e. The molecule has 4 heterocycles. The van der Waals surface area contributed by atoms with Crippen molar-refractivity contribution in [2.75, 3.05) is 6.61 Å². The van der Waals surface area contributed by atoms with Crippen LogP contribution in [0.3, 0.4) is 0 Å². The lowest BCUT2D eigenvalue weighted by atomic mass is 10.0. The summed E-state index contributed by atoms with van der Waals surface area (Å²) in [5.41, 5.74) is 3.32. The Morgan fingerprint density at radius 2 is 1.72 bits per heavy atom. The molecule has 4 rings (SSSR count). The Labute approximate surface area is 216 Å². The first-order valence-corrected chi connectivity index (χ1v) is 10.9. The number of aryl methyl sites for hydroxylation is 2. The van der Waals surface area contributed by atoms with Crippen molar-refractivity contribution in [3.63, 3.8) is 0 Å². The second-order valence-corrected chi connectivity index (χ2v) is 8.03. The predicted octanol–water partition coefficient (Wildman–Crippen LogP) is 3.38. The highest BCUT2D eigenvalue weighted by Crippen LogP contribution is 2.24. The quantitative estimate of drug-likeness (QED) is 0.441. The number of pyridine rings is 1. The number of hydrogen-bond donors (Lipinski definition) is 2. The SMILES string of the molecule is Cc1cc(CN2Cc3ncn(C)c3CC2COc2ccccn2)no1.O=C(O)C(F)(F)F.O=C(O)C(F)(F)F. The van der Waals surface area contributed by atoms with Crippen LogP contribution in [-0.2, 0) is 36.1 Å². The number of carboxylic acids is 2. The van der Waals surface area contributed by atoms with Gasteiger partial charge in [0, 0.05) is 50.6 Å². The summed E-state index contributed by atoms with van der Waals surface area (Å²) in [5, 5.41) is 18.4. The van der Waals surface area contributed by atoms with Crippen LogP contribution in [0.2, 0.25) is 0 Å². The lowest BCUT2D eigenvalue weighted by Crippen LogP contribution is -2.44. The van der Waals surface area contributed by atoms with Crippen molar-refractivity contribution >= 4 is 11.9 Å². The number of hydrogen-bond acceptors (Lipinski definition) is 8. The molecule has 39 heavy (non-hydrogen) atoms. The first kappa shape index (κ1) is 31.1. The molecule has 1 aliphatic heterocycles. The van der Waals surface area contributed by atoms with Crippen LogP contribution in [0.25, 0.3) is 0 Å². The number of alkyl halides is 6. The molecule has 1 unspecified atom stereocenters. The third-order valence-corrected chi connectivity index (χ3v) is 5.03. The molecule has 0 aliphatic carbocycles. The van der Waals surface area contributed by atoms with Gasteiger partial charge in [0.2, 0.25) is 5.88 Å². The number of ether oxygens (including phenoxy) is 1. The van der Waals surface area contributed by atoms with Crippen LogP contribution in [0.15, 0.2) is 41.3 Å². The van der Waals surface area contributed by atoms with Crippen LogP contribution in [0.5, 0.6) is 5.88 Å². The Morgan fingerprint density at radius 1 is 1.10 bits per heavy atom. The maximum absolute atomic E-state index is 10.6. The Morgan fingerprint density at radius 3 is 2.21 bits per heavy atom. The summed E-state index contributed by atoms with van der Waals surface area (Å²) in [6.07, 6.45) is -5.66. The van der Waals surface area contributed by atoms with Gasteiger partial charge in [-0.3, -0.25) is 4.90 Å². The molecule has 0 spiro atoms. The summed E-state index contributed by atoms with van der Waals surface area (Å²) < 4.78 is 76.7. The zero-order valence-electron chi connectivity index (χ0n) is 20.4. The van der Waals surface area contributed by atoms with Gasteiger partial charge >= 0.3 is 24.3 Å². The van der Waals surface area contributed by atoms with Gasteiger partial charge in [-0.25, -0.2) is 19.6 Å². The molecule has 1 atom stereocenters. The van der Waals surface area contributed by atoms with E-state index in [1.165, 1.54) is 5.69 Å². The first-order valence-electron chi connectivity index (χ1n) is 10.9. The van der Waals surface area contributed by atoms with E-state index in [0.29, 0.717) is 19.0 Å². The molecule has 3 aromatic rings. The molecular formula is C22H23F6N5O6. The van der Waals surface area contributed by atoms with E-state index in [-0.39, 0.29) is 6.04 Å². The third-order valence-electron chi connectivity index (χ3n) is 5.03. The molecule has 17 heteroatoms. The Kier molecular flexibility index (Phi) is 10.4. The summed E-state index contributed by atoms with van der Waals surface area (Å²) in [5.74, 6) is -4.04. The number of carboxylic acid groups (broad SMARTS) is 2. The minimum atomic E-state index is -5.08.